The summed E-state index contributed by atoms with van der Waals surface area (Å²) in [6.07, 6.45) is 6.63. The van der Waals surface area contributed by atoms with E-state index in [2.05, 4.69) is 15.3 Å². The van der Waals surface area contributed by atoms with Crippen LogP contribution < -0.4 is 10.1 Å². The van der Waals surface area contributed by atoms with Gasteiger partial charge in [-0.3, -0.25) is 0 Å². The number of fused-ring (bicyclic) bond motifs is 1. The number of halogens is 2. The second kappa shape index (κ2) is 10.1. The van der Waals surface area contributed by atoms with Gasteiger partial charge in [0, 0.05) is 16.6 Å². The van der Waals surface area contributed by atoms with Crippen LogP contribution in [0.15, 0.2) is 85.2 Å². The average Bonchev–Trinajstić information content (AvgIpc) is 2.88. The lowest BCUT2D eigenvalue weighted by Gasteiger charge is -2.19. The van der Waals surface area contributed by atoms with E-state index in [0.29, 0.717) is 27.9 Å². The molecule has 5 rings (SSSR count). The molecule has 1 aliphatic heterocycles. The number of aliphatic hydroxyl groups excluding tert-OH is 1. The Hall–Kier alpha value is -3.94. The third-order valence-corrected chi connectivity index (χ3v) is 5.72. The number of aromatic nitrogens is 2. The molecule has 2 heterocycles. The average molecular weight is 490 g/mol. The number of nitrogens with zero attached hydrogens (tertiary/aromatic N) is 2. The minimum absolute atomic E-state index is 0.0972. The molecule has 2 N–H and O–H groups in total. The molecule has 1 atom stereocenters. The van der Waals surface area contributed by atoms with Gasteiger partial charge in [0.1, 0.15) is 42.2 Å². The van der Waals surface area contributed by atoms with Crippen molar-refractivity contribution in [2.75, 3.05) is 11.9 Å². The van der Waals surface area contributed by atoms with Gasteiger partial charge in [0.25, 0.3) is 0 Å². The maximum atomic E-state index is 13.4. The topological polar surface area (TPSA) is 76.5 Å². The van der Waals surface area contributed by atoms with Crippen molar-refractivity contribution >= 4 is 39.8 Å². The van der Waals surface area contributed by atoms with Gasteiger partial charge in [0.2, 0.25) is 0 Å². The summed E-state index contributed by atoms with van der Waals surface area (Å²) in [5.41, 5.74) is 3.04. The second-order valence-corrected chi connectivity index (χ2v) is 8.30. The maximum absolute atomic E-state index is 13.4. The van der Waals surface area contributed by atoms with Crippen molar-refractivity contribution in [3.05, 3.63) is 107 Å². The Morgan fingerprint density at radius 1 is 1.09 bits per heavy atom. The van der Waals surface area contributed by atoms with Gasteiger partial charge in [0.15, 0.2) is 0 Å². The van der Waals surface area contributed by atoms with Crippen LogP contribution in [-0.2, 0) is 11.3 Å². The fourth-order valence-electron chi connectivity index (χ4n) is 3.70. The predicted molar refractivity (Wildman–Crippen MR) is 134 cm³/mol. The summed E-state index contributed by atoms with van der Waals surface area (Å²) in [5, 5.41) is 13.9. The summed E-state index contributed by atoms with van der Waals surface area (Å²) >= 11 is 6.44. The zero-order valence-corrected chi connectivity index (χ0v) is 19.2. The monoisotopic (exact) mass is 489 g/mol. The van der Waals surface area contributed by atoms with Gasteiger partial charge < -0.3 is 19.9 Å². The number of ether oxygens (including phenoxy) is 2. The first kappa shape index (κ1) is 22.8. The van der Waals surface area contributed by atoms with Crippen LogP contribution in [0.25, 0.3) is 16.7 Å². The van der Waals surface area contributed by atoms with E-state index in [1.54, 1.807) is 30.3 Å². The summed E-state index contributed by atoms with van der Waals surface area (Å²) < 4.78 is 25.0. The van der Waals surface area contributed by atoms with Crippen molar-refractivity contribution in [2.24, 2.45) is 0 Å². The zero-order chi connectivity index (χ0) is 24.2. The molecule has 35 heavy (non-hydrogen) atoms. The number of hydrogen-bond acceptors (Lipinski definition) is 6. The molecular weight excluding hydrogens is 469 g/mol. The fourth-order valence-corrected chi connectivity index (χ4v) is 3.94. The predicted octanol–water partition coefficient (Wildman–Crippen LogP) is 6.03. The summed E-state index contributed by atoms with van der Waals surface area (Å²) in [6, 6.07) is 17.3. The lowest BCUT2D eigenvalue weighted by Crippen LogP contribution is -2.16. The molecule has 4 aromatic rings. The largest absolute Gasteiger partial charge is 0.487 e. The molecule has 1 unspecified atom stereocenters. The van der Waals surface area contributed by atoms with E-state index in [0.717, 1.165) is 22.2 Å². The van der Waals surface area contributed by atoms with Crippen molar-refractivity contribution in [2.45, 2.75) is 12.7 Å². The molecule has 0 radical (unpaired) electrons. The molecule has 6 nitrogen and oxygen atoms in total. The SMILES string of the molecule is OCC1C=CC=C(c2ccc3ncnc(Nc4ccc(OCc5cccc(F)c5)c(Cl)c4)c3c2)O1. The highest BCUT2D eigenvalue weighted by Gasteiger charge is 2.15. The first-order chi connectivity index (χ1) is 17.1. The maximum Gasteiger partial charge on any atom is 0.141 e. The number of benzene rings is 3. The molecule has 0 aliphatic carbocycles. The normalized spacial score (nSPS) is 14.9. The Balaban J connectivity index is 1.36. The summed E-state index contributed by atoms with van der Waals surface area (Å²) in [6.45, 7) is 0.105. The molecule has 0 bridgehead atoms. The lowest BCUT2D eigenvalue weighted by atomic mass is 10.1. The Morgan fingerprint density at radius 2 is 2.00 bits per heavy atom. The van der Waals surface area contributed by atoms with Crippen molar-refractivity contribution in [1.82, 2.24) is 9.97 Å². The minimum Gasteiger partial charge on any atom is -0.487 e. The van der Waals surface area contributed by atoms with Gasteiger partial charge in [0.05, 0.1) is 17.1 Å². The summed E-state index contributed by atoms with van der Waals surface area (Å²) in [4.78, 5) is 8.76. The van der Waals surface area contributed by atoms with Crippen LogP contribution in [0, 0.1) is 5.82 Å². The van der Waals surface area contributed by atoms with E-state index in [9.17, 15) is 9.50 Å². The molecule has 0 saturated heterocycles. The van der Waals surface area contributed by atoms with Crippen LogP contribution in [0.5, 0.6) is 5.75 Å². The molecule has 1 aliphatic rings. The number of aliphatic hydroxyl groups is 1. The Bertz CT molecular complexity index is 1440. The number of rotatable bonds is 7. The molecule has 3 aromatic carbocycles. The standard InChI is InChI=1S/C27H21ClFN3O3/c28-23-13-20(8-10-26(23)34-15-17-3-1-4-19(29)11-17)32-27-22-12-18(7-9-24(22)30-16-31-27)25-6-2-5-21(14-33)35-25/h1-13,16,21,33H,14-15H2,(H,30,31,32). The van der Waals surface area contributed by atoms with Gasteiger partial charge in [-0.05, 0) is 66.2 Å². The molecule has 0 amide bonds. The molecular formula is C27H21ClFN3O3. The van der Waals surface area contributed by atoms with Crippen LogP contribution >= 0.6 is 11.6 Å². The van der Waals surface area contributed by atoms with Crippen LogP contribution in [-0.4, -0.2) is 27.8 Å². The first-order valence-corrected chi connectivity index (χ1v) is 11.3. The first-order valence-electron chi connectivity index (χ1n) is 10.9. The van der Waals surface area contributed by atoms with Crippen molar-refractivity contribution in [3.8, 4) is 5.75 Å². The molecule has 176 valence electrons. The van der Waals surface area contributed by atoms with Crippen LogP contribution in [0.1, 0.15) is 11.1 Å². The number of nitrogens with one attached hydrogen (secondary N) is 1. The lowest BCUT2D eigenvalue weighted by molar-refractivity contribution is 0.125. The molecule has 0 saturated carbocycles. The van der Waals surface area contributed by atoms with Gasteiger partial charge in [-0.2, -0.15) is 0 Å². The van der Waals surface area contributed by atoms with E-state index in [1.807, 2.05) is 36.4 Å². The fraction of sp³-hybridized carbons (Fsp3) is 0.111. The number of hydrogen-bond donors (Lipinski definition) is 2. The van der Waals surface area contributed by atoms with E-state index in [-0.39, 0.29) is 25.1 Å². The van der Waals surface area contributed by atoms with Crippen LogP contribution in [0.4, 0.5) is 15.9 Å². The van der Waals surface area contributed by atoms with E-state index in [4.69, 9.17) is 21.1 Å². The van der Waals surface area contributed by atoms with Crippen LogP contribution in [0.2, 0.25) is 5.02 Å². The quantitative estimate of drug-likeness (QED) is 0.330. The highest BCUT2D eigenvalue weighted by atomic mass is 35.5. The molecule has 1 aromatic heterocycles. The molecule has 0 fully saturated rings. The van der Waals surface area contributed by atoms with Crippen LogP contribution in [0.3, 0.4) is 0 Å². The second-order valence-electron chi connectivity index (χ2n) is 7.90. The third-order valence-electron chi connectivity index (χ3n) is 5.43. The molecule has 0 spiro atoms. The van der Waals surface area contributed by atoms with Gasteiger partial charge in [-0.15, -0.1) is 0 Å². The van der Waals surface area contributed by atoms with Gasteiger partial charge in [-0.1, -0.05) is 29.8 Å². The smallest absolute Gasteiger partial charge is 0.141 e. The van der Waals surface area contributed by atoms with Crippen molar-refractivity contribution in [3.63, 3.8) is 0 Å². The summed E-state index contributed by atoms with van der Waals surface area (Å²) in [5.74, 6) is 1.44. The van der Waals surface area contributed by atoms with Gasteiger partial charge >= 0.3 is 0 Å². The van der Waals surface area contributed by atoms with E-state index in [1.165, 1.54) is 18.5 Å². The van der Waals surface area contributed by atoms with Gasteiger partial charge in [-0.25, -0.2) is 14.4 Å². The Labute approximate surface area is 206 Å². The van der Waals surface area contributed by atoms with E-state index >= 15 is 0 Å². The van der Waals surface area contributed by atoms with Crippen molar-refractivity contribution < 1.29 is 19.0 Å². The molecule has 8 heteroatoms. The van der Waals surface area contributed by atoms with Crippen molar-refractivity contribution in [1.29, 1.82) is 0 Å². The number of allylic oxidation sites excluding steroid dienone is 2. The summed E-state index contributed by atoms with van der Waals surface area (Å²) in [7, 11) is 0. The third kappa shape index (κ3) is 5.26. The minimum atomic E-state index is -0.376. The number of anilines is 2. The van der Waals surface area contributed by atoms with E-state index < -0.39 is 0 Å². The Morgan fingerprint density at radius 3 is 2.83 bits per heavy atom. The Kier molecular flexibility index (Phi) is 6.61. The zero-order valence-electron chi connectivity index (χ0n) is 18.5. The highest BCUT2D eigenvalue weighted by Crippen LogP contribution is 2.32. The highest BCUT2D eigenvalue weighted by molar-refractivity contribution is 6.32.